The zero-order chi connectivity index (χ0) is 10.2. The van der Waals surface area contributed by atoms with E-state index in [2.05, 4.69) is 0 Å². The van der Waals surface area contributed by atoms with E-state index in [1.54, 1.807) is 18.2 Å². The average molecular weight is 192 g/mol. The topological polar surface area (TPSA) is 17.1 Å². The van der Waals surface area contributed by atoms with Gasteiger partial charge in [-0.05, 0) is 31.4 Å². The van der Waals surface area contributed by atoms with Crippen molar-refractivity contribution in [1.82, 2.24) is 0 Å². The highest BCUT2D eigenvalue weighted by molar-refractivity contribution is 6.02. The number of Topliss-reactive ketones (excluding diaryl/α,β-unsaturated/α-hetero) is 1. The van der Waals surface area contributed by atoms with E-state index in [0.29, 0.717) is 0 Å². The Hall–Kier alpha value is -1.18. The molecule has 2 rings (SSSR count). The highest BCUT2D eigenvalue weighted by atomic mass is 19.1. The Balaban J connectivity index is 2.32. The molecule has 1 nitrogen and oxygen atoms in total. The third-order valence-corrected chi connectivity index (χ3v) is 3.13. The Morgan fingerprint density at radius 2 is 2.07 bits per heavy atom. The second-order valence-electron chi connectivity index (χ2n) is 3.94. The van der Waals surface area contributed by atoms with Gasteiger partial charge in [0.15, 0.2) is 5.78 Å². The first-order valence-electron chi connectivity index (χ1n) is 4.99. The summed E-state index contributed by atoms with van der Waals surface area (Å²) < 4.78 is 13.3. The molecule has 1 saturated carbocycles. The Kier molecular flexibility index (Phi) is 2.14. The molecular formula is C12H13FO. The number of ketones is 1. The van der Waals surface area contributed by atoms with Crippen LogP contribution in [-0.2, 0) is 0 Å². The summed E-state index contributed by atoms with van der Waals surface area (Å²) in [6, 6.07) is 6.24. The molecule has 1 aliphatic rings. The van der Waals surface area contributed by atoms with E-state index in [-0.39, 0.29) is 16.8 Å². The fourth-order valence-electron chi connectivity index (χ4n) is 1.82. The summed E-state index contributed by atoms with van der Waals surface area (Å²) in [7, 11) is 0. The number of hydrogen-bond acceptors (Lipinski definition) is 1. The van der Waals surface area contributed by atoms with Crippen LogP contribution < -0.4 is 0 Å². The van der Waals surface area contributed by atoms with Gasteiger partial charge in [0.1, 0.15) is 5.82 Å². The van der Waals surface area contributed by atoms with Crippen LogP contribution in [0.3, 0.4) is 0 Å². The summed E-state index contributed by atoms with van der Waals surface area (Å²) >= 11 is 0. The van der Waals surface area contributed by atoms with Gasteiger partial charge >= 0.3 is 0 Å². The van der Waals surface area contributed by atoms with Gasteiger partial charge in [0, 0.05) is 5.41 Å². The first-order valence-corrected chi connectivity index (χ1v) is 4.99. The Bertz CT molecular complexity index is 366. The molecule has 0 amide bonds. The predicted octanol–water partition coefficient (Wildman–Crippen LogP) is 3.20. The lowest BCUT2D eigenvalue weighted by atomic mass is 9.92. The highest BCUT2D eigenvalue weighted by Gasteiger charge is 2.48. The van der Waals surface area contributed by atoms with Crippen molar-refractivity contribution in [2.75, 3.05) is 0 Å². The van der Waals surface area contributed by atoms with Gasteiger partial charge in [-0.15, -0.1) is 0 Å². The molecule has 0 bridgehead atoms. The molecule has 0 aliphatic heterocycles. The van der Waals surface area contributed by atoms with Crippen LogP contribution in [0.15, 0.2) is 24.3 Å². The zero-order valence-corrected chi connectivity index (χ0v) is 8.22. The average Bonchev–Trinajstić information content (AvgIpc) is 2.98. The van der Waals surface area contributed by atoms with Crippen LogP contribution in [0.25, 0.3) is 0 Å². The van der Waals surface area contributed by atoms with Crippen molar-refractivity contribution in [3.63, 3.8) is 0 Å². The van der Waals surface area contributed by atoms with Gasteiger partial charge in [-0.1, -0.05) is 19.1 Å². The van der Waals surface area contributed by atoms with Crippen LogP contribution in [0.1, 0.15) is 36.5 Å². The largest absolute Gasteiger partial charge is 0.293 e. The molecule has 0 heterocycles. The van der Waals surface area contributed by atoms with E-state index < -0.39 is 5.82 Å². The SMILES string of the molecule is CCC1(C(=O)c2ccccc2F)CC1. The van der Waals surface area contributed by atoms with Crippen molar-refractivity contribution in [3.05, 3.63) is 35.6 Å². The maximum Gasteiger partial charge on any atom is 0.171 e. The minimum Gasteiger partial charge on any atom is -0.293 e. The molecule has 0 saturated heterocycles. The summed E-state index contributed by atoms with van der Waals surface area (Å²) in [5, 5.41) is 0. The van der Waals surface area contributed by atoms with Crippen molar-refractivity contribution in [2.45, 2.75) is 26.2 Å². The molecule has 1 fully saturated rings. The summed E-state index contributed by atoms with van der Waals surface area (Å²) in [6.07, 6.45) is 2.65. The number of carbonyl (C=O) groups excluding carboxylic acids is 1. The monoisotopic (exact) mass is 192 g/mol. The molecule has 0 atom stereocenters. The molecular weight excluding hydrogens is 179 g/mol. The summed E-state index contributed by atoms with van der Waals surface area (Å²) in [5.74, 6) is -0.407. The fourth-order valence-corrected chi connectivity index (χ4v) is 1.82. The quantitative estimate of drug-likeness (QED) is 0.672. The highest BCUT2D eigenvalue weighted by Crippen LogP contribution is 2.51. The van der Waals surface area contributed by atoms with Crippen molar-refractivity contribution < 1.29 is 9.18 Å². The second-order valence-corrected chi connectivity index (χ2v) is 3.94. The molecule has 0 aromatic heterocycles. The minimum atomic E-state index is -0.391. The van der Waals surface area contributed by atoms with Crippen LogP contribution in [0, 0.1) is 11.2 Å². The number of benzene rings is 1. The Morgan fingerprint density at radius 3 is 2.57 bits per heavy atom. The molecule has 1 aliphatic carbocycles. The first kappa shape index (κ1) is 9.38. The standard InChI is InChI=1S/C12H13FO/c1-2-12(7-8-12)11(14)9-5-3-4-6-10(9)13/h3-6H,2,7-8H2,1H3. The molecule has 0 spiro atoms. The lowest BCUT2D eigenvalue weighted by Gasteiger charge is -2.11. The number of halogens is 1. The lowest BCUT2D eigenvalue weighted by molar-refractivity contribution is 0.0892. The number of carbonyl (C=O) groups is 1. The van der Waals surface area contributed by atoms with Crippen LogP contribution in [-0.4, -0.2) is 5.78 Å². The van der Waals surface area contributed by atoms with Gasteiger partial charge in [-0.25, -0.2) is 4.39 Å². The van der Waals surface area contributed by atoms with Gasteiger partial charge in [0.2, 0.25) is 0 Å². The normalized spacial score (nSPS) is 17.9. The fraction of sp³-hybridized carbons (Fsp3) is 0.417. The van der Waals surface area contributed by atoms with Crippen molar-refractivity contribution >= 4 is 5.78 Å². The molecule has 0 radical (unpaired) electrons. The van der Waals surface area contributed by atoms with Gasteiger partial charge < -0.3 is 0 Å². The van der Waals surface area contributed by atoms with E-state index in [4.69, 9.17) is 0 Å². The van der Waals surface area contributed by atoms with Gasteiger partial charge in [-0.2, -0.15) is 0 Å². The Labute approximate surface area is 82.9 Å². The zero-order valence-electron chi connectivity index (χ0n) is 8.22. The van der Waals surface area contributed by atoms with E-state index in [0.717, 1.165) is 19.3 Å². The summed E-state index contributed by atoms with van der Waals surface area (Å²) in [6.45, 7) is 1.99. The van der Waals surface area contributed by atoms with Crippen LogP contribution in [0.2, 0.25) is 0 Å². The van der Waals surface area contributed by atoms with E-state index in [9.17, 15) is 9.18 Å². The van der Waals surface area contributed by atoms with Crippen LogP contribution in [0.4, 0.5) is 4.39 Å². The maximum absolute atomic E-state index is 13.3. The third-order valence-electron chi connectivity index (χ3n) is 3.13. The number of hydrogen-bond donors (Lipinski definition) is 0. The summed E-state index contributed by atoms with van der Waals surface area (Å²) in [5.41, 5.74) is 0.0224. The molecule has 14 heavy (non-hydrogen) atoms. The molecule has 1 aromatic rings. The molecule has 1 aromatic carbocycles. The van der Waals surface area contributed by atoms with Gasteiger partial charge in [0.25, 0.3) is 0 Å². The first-order chi connectivity index (χ1) is 6.69. The lowest BCUT2D eigenvalue weighted by Crippen LogP contribution is -2.16. The summed E-state index contributed by atoms with van der Waals surface area (Å²) in [4.78, 5) is 11.9. The maximum atomic E-state index is 13.3. The van der Waals surface area contributed by atoms with Gasteiger partial charge in [-0.3, -0.25) is 4.79 Å². The predicted molar refractivity (Wildman–Crippen MR) is 52.7 cm³/mol. The van der Waals surface area contributed by atoms with E-state index in [1.165, 1.54) is 6.07 Å². The molecule has 0 unspecified atom stereocenters. The molecule has 74 valence electrons. The van der Waals surface area contributed by atoms with E-state index >= 15 is 0 Å². The van der Waals surface area contributed by atoms with Crippen LogP contribution >= 0.6 is 0 Å². The molecule has 2 heteroatoms. The third kappa shape index (κ3) is 1.35. The van der Waals surface area contributed by atoms with Crippen molar-refractivity contribution in [1.29, 1.82) is 0 Å². The number of rotatable bonds is 3. The van der Waals surface area contributed by atoms with Gasteiger partial charge in [0.05, 0.1) is 5.56 Å². The van der Waals surface area contributed by atoms with Crippen LogP contribution in [0.5, 0.6) is 0 Å². The van der Waals surface area contributed by atoms with E-state index in [1.807, 2.05) is 6.92 Å². The minimum absolute atomic E-state index is 0.0156. The van der Waals surface area contributed by atoms with Crippen molar-refractivity contribution in [3.8, 4) is 0 Å². The molecule has 0 N–H and O–H groups in total. The Morgan fingerprint density at radius 1 is 1.43 bits per heavy atom. The smallest absolute Gasteiger partial charge is 0.171 e. The second kappa shape index (κ2) is 3.19. The van der Waals surface area contributed by atoms with Crippen molar-refractivity contribution in [2.24, 2.45) is 5.41 Å².